The van der Waals surface area contributed by atoms with E-state index in [9.17, 15) is 0 Å². The number of hydrogen-bond acceptors (Lipinski definition) is 4. The van der Waals surface area contributed by atoms with Gasteiger partial charge in [-0.2, -0.15) is 0 Å². The van der Waals surface area contributed by atoms with Gasteiger partial charge in [0.25, 0.3) is 0 Å². The van der Waals surface area contributed by atoms with Crippen molar-refractivity contribution in [3.8, 4) is 5.88 Å². The maximum Gasteiger partial charge on any atom is 0.240 e. The number of methoxy groups -OCH3 is 1. The zero-order valence-corrected chi connectivity index (χ0v) is 7.73. The first kappa shape index (κ1) is 8.29. The van der Waals surface area contributed by atoms with E-state index in [0.717, 1.165) is 18.8 Å². The summed E-state index contributed by atoms with van der Waals surface area (Å²) in [4.78, 5) is 10.3. The predicted octanol–water partition coefficient (Wildman–Crippen LogP) is 1.09. The fraction of sp³-hybridized carbons (Fsp3) is 0.556. The molecule has 1 aliphatic heterocycles. The largest absolute Gasteiger partial charge is 0.479 e. The summed E-state index contributed by atoms with van der Waals surface area (Å²) < 4.78 is 5.16. The molecule has 4 nitrogen and oxygen atoms in total. The van der Waals surface area contributed by atoms with Crippen molar-refractivity contribution in [2.45, 2.75) is 12.8 Å². The lowest BCUT2D eigenvalue weighted by Crippen LogP contribution is -2.18. The first-order valence-electron chi connectivity index (χ1n) is 4.51. The molecule has 13 heavy (non-hydrogen) atoms. The summed E-state index contributed by atoms with van der Waals surface area (Å²) in [5.74, 6) is 0.678. The van der Waals surface area contributed by atoms with E-state index in [2.05, 4.69) is 14.9 Å². The van der Waals surface area contributed by atoms with Crippen molar-refractivity contribution in [2.75, 3.05) is 25.1 Å². The van der Waals surface area contributed by atoms with Gasteiger partial charge in [-0.05, 0) is 12.8 Å². The van der Waals surface area contributed by atoms with Gasteiger partial charge in [0.2, 0.25) is 5.88 Å². The minimum atomic E-state index is 0.678. The van der Waals surface area contributed by atoms with Crippen LogP contribution in [0.25, 0.3) is 0 Å². The summed E-state index contributed by atoms with van der Waals surface area (Å²) >= 11 is 0. The van der Waals surface area contributed by atoms with Crippen LogP contribution in [0.2, 0.25) is 0 Å². The Hall–Kier alpha value is -1.32. The second-order valence-electron chi connectivity index (χ2n) is 3.11. The lowest BCUT2D eigenvalue weighted by atomic mass is 10.4. The average molecular weight is 179 g/mol. The Morgan fingerprint density at radius 3 is 2.85 bits per heavy atom. The Labute approximate surface area is 77.6 Å². The molecule has 0 spiro atoms. The van der Waals surface area contributed by atoms with Gasteiger partial charge in [0.05, 0.1) is 13.3 Å². The van der Waals surface area contributed by atoms with E-state index in [1.54, 1.807) is 7.11 Å². The van der Waals surface area contributed by atoms with Gasteiger partial charge in [-0.3, -0.25) is 0 Å². The zero-order valence-electron chi connectivity index (χ0n) is 7.73. The monoisotopic (exact) mass is 179 g/mol. The number of nitrogens with zero attached hydrogens (tertiary/aromatic N) is 3. The van der Waals surface area contributed by atoms with E-state index in [4.69, 9.17) is 4.74 Å². The number of aromatic nitrogens is 2. The van der Waals surface area contributed by atoms with Crippen molar-refractivity contribution in [2.24, 2.45) is 0 Å². The standard InChI is InChI=1S/C9H13N3O/c1-13-9-8(6-10-7-11-9)12-4-2-3-5-12/h6-7H,2-5H2,1H3. The third-order valence-corrected chi connectivity index (χ3v) is 2.30. The van der Waals surface area contributed by atoms with Gasteiger partial charge < -0.3 is 9.64 Å². The molecule has 4 heteroatoms. The fourth-order valence-electron chi connectivity index (χ4n) is 1.64. The Morgan fingerprint density at radius 1 is 1.38 bits per heavy atom. The molecule has 1 saturated heterocycles. The number of hydrogen-bond donors (Lipinski definition) is 0. The first-order valence-corrected chi connectivity index (χ1v) is 4.51. The Morgan fingerprint density at radius 2 is 2.15 bits per heavy atom. The van der Waals surface area contributed by atoms with E-state index >= 15 is 0 Å². The molecule has 0 atom stereocenters. The minimum Gasteiger partial charge on any atom is -0.479 e. The van der Waals surface area contributed by atoms with E-state index in [-0.39, 0.29) is 0 Å². The molecule has 70 valence electrons. The van der Waals surface area contributed by atoms with Crippen molar-refractivity contribution in [3.63, 3.8) is 0 Å². The minimum absolute atomic E-state index is 0.678. The quantitative estimate of drug-likeness (QED) is 0.681. The van der Waals surface area contributed by atoms with Crippen LogP contribution in [0.4, 0.5) is 5.69 Å². The fourth-order valence-corrected chi connectivity index (χ4v) is 1.64. The van der Waals surface area contributed by atoms with Crippen molar-refractivity contribution in [1.82, 2.24) is 9.97 Å². The number of ether oxygens (including phenoxy) is 1. The highest BCUT2D eigenvalue weighted by Crippen LogP contribution is 2.26. The summed E-state index contributed by atoms with van der Waals surface area (Å²) in [6.07, 6.45) is 5.83. The lowest BCUT2D eigenvalue weighted by molar-refractivity contribution is 0.397. The highest BCUT2D eigenvalue weighted by Gasteiger charge is 2.16. The van der Waals surface area contributed by atoms with Crippen molar-refractivity contribution >= 4 is 5.69 Å². The van der Waals surface area contributed by atoms with Gasteiger partial charge in [0.15, 0.2) is 0 Å². The van der Waals surface area contributed by atoms with Gasteiger partial charge in [-0.25, -0.2) is 9.97 Å². The molecule has 0 unspecified atom stereocenters. The van der Waals surface area contributed by atoms with Crippen LogP contribution in [0.5, 0.6) is 5.88 Å². The van der Waals surface area contributed by atoms with Crippen LogP contribution >= 0.6 is 0 Å². The normalized spacial score (nSPS) is 16.2. The zero-order chi connectivity index (χ0) is 9.10. The van der Waals surface area contributed by atoms with E-state index in [1.807, 2.05) is 6.20 Å². The van der Waals surface area contributed by atoms with Crippen LogP contribution in [0.1, 0.15) is 12.8 Å². The molecule has 1 aliphatic rings. The molecule has 0 N–H and O–H groups in total. The summed E-state index contributed by atoms with van der Waals surface area (Å²) in [5.41, 5.74) is 1.02. The smallest absolute Gasteiger partial charge is 0.240 e. The van der Waals surface area contributed by atoms with Gasteiger partial charge in [0, 0.05) is 13.1 Å². The van der Waals surface area contributed by atoms with E-state index in [1.165, 1.54) is 19.2 Å². The maximum absolute atomic E-state index is 5.16. The van der Waals surface area contributed by atoms with Gasteiger partial charge in [0.1, 0.15) is 12.0 Å². The van der Waals surface area contributed by atoms with Crippen LogP contribution in [0.3, 0.4) is 0 Å². The third kappa shape index (κ3) is 1.56. The van der Waals surface area contributed by atoms with Crippen LogP contribution in [0, 0.1) is 0 Å². The van der Waals surface area contributed by atoms with Crippen LogP contribution in [-0.4, -0.2) is 30.2 Å². The third-order valence-electron chi connectivity index (χ3n) is 2.30. The Bertz CT molecular complexity index is 284. The highest BCUT2D eigenvalue weighted by atomic mass is 16.5. The van der Waals surface area contributed by atoms with Crippen molar-refractivity contribution < 1.29 is 4.74 Å². The molecular weight excluding hydrogens is 166 g/mol. The molecule has 1 fully saturated rings. The molecule has 0 amide bonds. The van der Waals surface area contributed by atoms with Crippen LogP contribution < -0.4 is 9.64 Å². The van der Waals surface area contributed by atoms with Crippen molar-refractivity contribution in [3.05, 3.63) is 12.5 Å². The van der Waals surface area contributed by atoms with E-state index in [0.29, 0.717) is 5.88 Å². The van der Waals surface area contributed by atoms with Gasteiger partial charge >= 0.3 is 0 Å². The van der Waals surface area contributed by atoms with Crippen LogP contribution in [-0.2, 0) is 0 Å². The highest BCUT2D eigenvalue weighted by molar-refractivity contribution is 5.53. The second-order valence-corrected chi connectivity index (χ2v) is 3.11. The molecule has 1 aromatic heterocycles. The summed E-state index contributed by atoms with van der Waals surface area (Å²) in [6.45, 7) is 2.17. The molecule has 2 rings (SSSR count). The van der Waals surface area contributed by atoms with Gasteiger partial charge in [-0.1, -0.05) is 0 Å². The lowest BCUT2D eigenvalue weighted by Gasteiger charge is -2.18. The number of anilines is 1. The second kappa shape index (κ2) is 3.60. The first-order chi connectivity index (χ1) is 6.42. The Kier molecular flexibility index (Phi) is 2.29. The predicted molar refractivity (Wildman–Crippen MR) is 50.0 cm³/mol. The molecule has 1 aromatic rings. The molecule has 0 bridgehead atoms. The summed E-state index contributed by atoms with van der Waals surface area (Å²) in [7, 11) is 1.64. The summed E-state index contributed by atoms with van der Waals surface area (Å²) in [5, 5.41) is 0. The molecule has 0 radical (unpaired) electrons. The average Bonchev–Trinajstić information content (AvgIpc) is 2.70. The maximum atomic E-state index is 5.16. The van der Waals surface area contributed by atoms with Crippen LogP contribution in [0.15, 0.2) is 12.5 Å². The number of rotatable bonds is 2. The molecular formula is C9H13N3O. The molecule has 2 heterocycles. The molecule has 0 saturated carbocycles. The van der Waals surface area contributed by atoms with E-state index < -0.39 is 0 Å². The topological polar surface area (TPSA) is 38.3 Å². The Balaban J connectivity index is 2.26. The molecule has 0 aromatic carbocycles. The SMILES string of the molecule is COc1ncncc1N1CCCC1. The molecule has 0 aliphatic carbocycles. The van der Waals surface area contributed by atoms with Gasteiger partial charge in [-0.15, -0.1) is 0 Å². The van der Waals surface area contributed by atoms with Crippen molar-refractivity contribution in [1.29, 1.82) is 0 Å². The summed E-state index contributed by atoms with van der Waals surface area (Å²) in [6, 6.07) is 0.